The maximum absolute atomic E-state index is 6.04. The lowest BCUT2D eigenvalue weighted by Crippen LogP contribution is -2.37. The van der Waals surface area contributed by atoms with Crippen LogP contribution in [0.3, 0.4) is 0 Å². The number of H-pyrrole nitrogens is 1. The van der Waals surface area contributed by atoms with Gasteiger partial charge < -0.3 is 14.5 Å². The van der Waals surface area contributed by atoms with Crippen molar-refractivity contribution >= 4 is 0 Å². The highest BCUT2D eigenvalue weighted by Gasteiger charge is 2.20. The molecule has 0 spiro atoms. The summed E-state index contributed by atoms with van der Waals surface area (Å²) in [5, 5.41) is 0. The molecule has 112 valence electrons. The van der Waals surface area contributed by atoms with Crippen molar-refractivity contribution in [1.82, 2.24) is 14.9 Å². The molecule has 5 nitrogen and oxygen atoms in total. The van der Waals surface area contributed by atoms with Crippen molar-refractivity contribution in [2.45, 2.75) is 25.5 Å². The molecule has 3 rings (SSSR count). The molecule has 0 saturated carbocycles. The van der Waals surface area contributed by atoms with Gasteiger partial charge in [-0.05, 0) is 37.1 Å². The Bertz CT molecular complexity index is 531. The van der Waals surface area contributed by atoms with Crippen molar-refractivity contribution in [2.75, 3.05) is 20.2 Å². The molecule has 1 N–H and O–H groups in total. The van der Waals surface area contributed by atoms with E-state index in [4.69, 9.17) is 9.47 Å². The minimum Gasteiger partial charge on any atom is -0.497 e. The highest BCUT2D eigenvalue weighted by molar-refractivity contribution is 5.31. The molecule has 0 amide bonds. The highest BCUT2D eigenvalue weighted by Crippen LogP contribution is 2.22. The zero-order valence-electron chi connectivity index (χ0n) is 12.3. The van der Waals surface area contributed by atoms with Crippen LogP contribution < -0.4 is 9.47 Å². The van der Waals surface area contributed by atoms with Crippen molar-refractivity contribution in [3.63, 3.8) is 0 Å². The first-order chi connectivity index (χ1) is 10.3. The average molecular weight is 287 g/mol. The number of hydrogen-bond acceptors (Lipinski definition) is 4. The summed E-state index contributed by atoms with van der Waals surface area (Å²) in [4.78, 5) is 9.64. The summed E-state index contributed by atoms with van der Waals surface area (Å²) in [6.07, 6.45) is 6.03. The van der Waals surface area contributed by atoms with Gasteiger partial charge >= 0.3 is 0 Å². The summed E-state index contributed by atoms with van der Waals surface area (Å²) in [5.41, 5.74) is 1.17. The smallest absolute Gasteiger partial charge is 0.119 e. The Morgan fingerprint density at radius 3 is 2.52 bits per heavy atom. The Morgan fingerprint density at radius 2 is 1.90 bits per heavy atom. The van der Waals surface area contributed by atoms with Gasteiger partial charge in [-0.1, -0.05) is 0 Å². The minimum atomic E-state index is 0.302. The second-order valence-corrected chi connectivity index (χ2v) is 5.35. The first-order valence-electron chi connectivity index (χ1n) is 7.34. The summed E-state index contributed by atoms with van der Waals surface area (Å²) in [5.74, 6) is 1.78. The lowest BCUT2D eigenvalue weighted by molar-refractivity contribution is 0.0961. The molecule has 1 aliphatic rings. The Balaban J connectivity index is 1.46. The molecule has 0 radical (unpaired) electrons. The average Bonchev–Trinajstić information content (AvgIpc) is 3.03. The second-order valence-electron chi connectivity index (χ2n) is 5.35. The molecule has 0 aliphatic carbocycles. The molecule has 21 heavy (non-hydrogen) atoms. The molecule has 1 saturated heterocycles. The van der Waals surface area contributed by atoms with Gasteiger partial charge in [0.05, 0.1) is 13.4 Å². The van der Waals surface area contributed by atoms with E-state index in [1.165, 1.54) is 5.69 Å². The van der Waals surface area contributed by atoms with Gasteiger partial charge in [0.15, 0.2) is 0 Å². The monoisotopic (exact) mass is 287 g/mol. The predicted octanol–water partition coefficient (Wildman–Crippen LogP) is 2.46. The van der Waals surface area contributed by atoms with Crippen LogP contribution in [0, 0.1) is 0 Å². The van der Waals surface area contributed by atoms with Gasteiger partial charge in [0.25, 0.3) is 0 Å². The Morgan fingerprint density at radius 1 is 1.19 bits per heavy atom. The largest absolute Gasteiger partial charge is 0.497 e. The Labute approximate surface area is 124 Å². The standard InChI is InChI=1S/C16H21N3O2/c1-20-14-2-4-15(5-3-14)21-16-6-8-19(9-7-16)11-13-10-17-12-18-13/h2-5,10,12,16H,6-9,11H2,1H3,(H,17,18). The van der Waals surface area contributed by atoms with E-state index in [9.17, 15) is 0 Å². The van der Waals surface area contributed by atoms with E-state index in [2.05, 4.69) is 14.9 Å². The van der Waals surface area contributed by atoms with E-state index in [1.807, 2.05) is 30.5 Å². The van der Waals surface area contributed by atoms with Gasteiger partial charge in [0.1, 0.15) is 17.6 Å². The number of piperidine rings is 1. The van der Waals surface area contributed by atoms with E-state index in [1.54, 1.807) is 13.4 Å². The van der Waals surface area contributed by atoms with Crippen LogP contribution in [0.4, 0.5) is 0 Å². The van der Waals surface area contributed by atoms with Crippen LogP contribution in [-0.4, -0.2) is 41.2 Å². The van der Waals surface area contributed by atoms with Crippen LogP contribution in [-0.2, 0) is 6.54 Å². The van der Waals surface area contributed by atoms with Crippen molar-refractivity contribution in [3.8, 4) is 11.5 Å². The third kappa shape index (κ3) is 3.76. The number of nitrogens with one attached hydrogen (secondary N) is 1. The van der Waals surface area contributed by atoms with Crippen LogP contribution in [0.2, 0.25) is 0 Å². The van der Waals surface area contributed by atoms with Gasteiger partial charge in [-0.15, -0.1) is 0 Å². The minimum absolute atomic E-state index is 0.302. The molecule has 2 aromatic rings. The Kier molecular flexibility index (Phi) is 4.40. The number of hydrogen-bond donors (Lipinski definition) is 1. The fraction of sp³-hybridized carbons (Fsp3) is 0.438. The van der Waals surface area contributed by atoms with E-state index >= 15 is 0 Å². The topological polar surface area (TPSA) is 50.4 Å². The molecule has 0 atom stereocenters. The van der Waals surface area contributed by atoms with Crippen molar-refractivity contribution in [1.29, 1.82) is 0 Å². The molecular formula is C16H21N3O2. The first-order valence-corrected chi connectivity index (χ1v) is 7.34. The van der Waals surface area contributed by atoms with Crippen molar-refractivity contribution in [3.05, 3.63) is 42.5 Å². The molecule has 1 fully saturated rings. The number of rotatable bonds is 5. The molecule has 1 aromatic heterocycles. The summed E-state index contributed by atoms with van der Waals surface area (Å²) in [6, 6.07) is 7.80. The van der Waals surface area contributed by atoms with E-state index in [-0.39, 0.29) is 0 Å². The van der Waals surface area contributed by atoms with Gasteiger partial charge in [-0.25, -0.2) is 4.98 Å². The number of aromatic nitrogens is 2. The number of aromatic amines is 1. The van der Waals surface area contributed by atoms with E-state index < -0.39 is 0 Å². The quantitative estimate of drug-likeness (QED) is 0.918. The van der Waals surface area contributed by atoms with Crippen molar-refractivity contribution < 1.29 is 9.47 Å². The maximum atomic E-state index is 6.04. The zero-order valence-corrected chi connectivity index (χ0v) is 12.3. The van der Waals surface area contributed by atoms with Gasteiger partial charge in [0.2, 0.25) is 0 Å². The fourth-order valence-corrected chi connectivity index (χ4v) is 2.64. The number of benzene rings is 1. The number of ether oxygens (including phenoxy) is 2. The molecule has 0 bridgehead atoms. The fourth-order valence-electron chi connectivity index (χ4n) is 2.64. The molecular weight excluding hydrogens is 266 g/mol. The Hall–Kier alpha value is -2.01. The van der Waals surface area contributed by atoms with E-state index in [0.29, 0.717) is 6.10 Å². The summed E-state index contributed by atoms with van der Waals surface area (Å²) < 4.78 is 11.2. The lowest BCUT2D eigenvalue weighted by Gasteiger charge is -2.31. The summed E-state index contributed by atoms with van der Waals surface area (Å²) >= 11 is 0. The normalized spacial score (nSPS) is 16.8. The molecule has 2 heterocycles. The van der Waals surface area contributed by atoms with Crippen LogP contribution in [0.1, 0.15) is 18.5 Å². The number of methoxy groups -OCH3 is 1. The predicted molar refractivity (Wildman–Crippen MR) is 80.5 cm³/mol. The number of imidazole rings is 1. The van der Waals surface area contributed by atoms with Crippen LogP contribution in [0.5, 0.6) is 11.5 Å². The third-order valence-corrected chi connectivity index (χ3v) is 3.85. The van der Waals surface area contributed by atoms with Gasteiger partial charge in [-0.3, -0.25) is 4.90 Å². The van der Waals surface area contributed by atoms with Gasteiger partial charge in [0, 0.05) is 31.5 Å². The number of likely N-dealkylation sites (tertiary alicyclic amines) is 1. The summed E-state index contributed by atoms with van der Waals surface area (Å²) in [6.45, 7) is 3.05. The third-order valence-electron chi connectivity index (χ3n) is 3.85. The molecule has 1 aliphatic heterocycles. The second kappa shape index (κ2) is 6.63. The lowest BCUT2D eigenvalue weighted by atomic mass is 10.1. The highest BCUT2D eigenvalue weighted by atomic mass is 16.5. The van der Waals surface area contributed by atoms with Crippen molar-refractivity contribution in [2.24, 2.45) is 0 Å². The molecule has 1 aromatic carbocycles. The van der Waals surface area contributed by atoms with Crippen LogP contribution >= 0.6 is 0 Å². The molecule has 0 unspecified atom stereocenters. The molecule has 5 heteroatoms. The summed E-state index contributed by atoms with van der Waals surface area (Å²) in [7, 11) is 1.67. The van der Waals surface area contributed by atoms with Crippen LogP contribution in [0.15, 0.2) is 36.8 Å². The number of nitrogens with zero attached hydrogens (tertiary/aromatic N) is 2. The van der Waals surface area contributed by atoms with Gasteiger partial charge in [-0.2, -0.15) is 0 Å². The zero-order chi connectivity index (χ0) is 14.5. The maximum Gasteiger partial charge on any atom is 0.119 e. The SMILES string of the molecule is COc1ccc(OC2CCN(Cc3cnc[nH]3)CC2)cc1. The first kappa shape index (κ1) is 13.9. The van der Waals surface area contributed by atoms with Crippen LogP contribution in [0.25, 0.3) is 0 Å². The van der Waals surface area contributed by atoms with E-state index in [0.717, 1.165) is 44.0 Å².